The van der Waals surface area contributed by atoms with Crippen LogP contribution in [0.1, 0.15) is 50.6 Å². The molecule has 1 saturated heterocycles. The van der Waals surface area contributed by atoms with E-state index in [0.29, 0.717) is 13.0 Å². The zero-order valence-corrected chi connectivity index (χ0v) is 14.4. The Balaban J connectivity index is 2.06. The minimum Gasteiger partial charge on any atom is -0.295 e. The van der Waals surface area contributed by atoms with Crippen LogP contribution in [-0.2, 0) is 10.0 Å². The Morgan fingerprint density at radius 3 is 2.57 bits per heavy atom. The fraction of sp³-hybridized carbons (Fsp3) is 0.733. The minimum absolute atomic E-state index is 0.168. The number of hydrogen-bond donors (Lipinski definition) is 1. The van der Waals surface area contributed by atoms with Gasteiger partial charge in [-0.05, 0) is 54.7 Å². The van der Waals surface area contributed by atoms with Gasteiger partial charge in [0.15, 0.2) is 0 Å². The standard InChI is InChI=1S/C15H26N2O2S2/c1-2-11-21(18,19)16-12-15(14-7-10-20-13-14)17-8-5-3-4-6-9-17/h7,10,13,15-16H,2-6,8-9,11-12H2,1H3. The monoisotopic (exact) mass is 330 g/mol. The summed E-state index contributed by atoms with van der Waals surface area (Å²) in [5, 5.41) is 4.21. The van der Waals surface area contributed by atoms with Crippen molar-refractivity contribution in [3.05, 3.63) is 22.4 Å². The van der Waals surface area contributed by atoms with Crippen molar-refractivity contribution >= 4 is 21.4 Å². The van der Waals surface area contributed by atoms with Crippen molar-refractivity contribution in [3.63, 3.8) is 0 Å². The topological polar surface area (TPSA) is 49.4 Å². The van der Waals surface area contributed by atoms with Gasteiger partial charge in [-0.3, -0.25) is 4.90 Å². The molecule has 1 aromatic heterocycles. The zero-order chi connectivity index (χ0) is 15.1. The summed E-state index contributed by atoms with van der Waals surface area (Å²) in [6.07, 6.45) is 5.65. The molecule has 0 amide bonds. The fourth-order valence-corrected chi connectivity index (χ4v) is 4.68. The molecule has 4 nitrogen and oxygen atoms in total. The molecule has 1 atom stereocenters. The summed E-state index contributed by atoms with van der Waals surface area (Å²) in [6.45, 7) is 4.51. The smallest absolute Gasteiger partial charge is 0.211 e. The van der Waals surface area contributed by atoms with Crippen molar-refractivity contribution in [1.82, 2.24) is 9.62 Å². The second kappa shape index (κ2) is 8.27. The third-order valence-corrected chi connectivity index (χ3v) is 6.23. The Morgan fingerprint density at radius 2 is 2.00 bits per heavy atom. The molecule has 1 aromatic rings. The lowest BCUT2D eigenvalue weighted by Gasteiger charge is -2.30. The summed E-state index contributed by atoms with van der Waals surface area (Å²) in [6, 6.07) is 2.29. The predicted octanol–water partition coefficient (Wildman–Crippen LogP) is 2.99. The maximum Gasteiger partial charge on any atom is 0.211 e. The van der Waals surface area contributed by atoms with E-state index in [-0.39, 0.29) is 11.8 Å². The Hall–Kier alpha value is -0.430. The van der Waals surface area contributed by atoms with Gasteiger partial charge < -0.3 is 0 Å². The lowest BCUT2D eigenvalue weighted by Crippen LogP contribution is -2.39. The van der Waals surface area contributed by atoms with Crippen molar-refractivity contribution in [2.24, 2.45) is 0 Å². The number of nitrogens with one attached hydrogen (secondary N) is 1. The summed E-state index contributed by atoms with van der Waals surface area (Å²) in [7, 11) is -3.14. The molecule has 0 aliphatic carbocycles. The molecule has 2 rings (SSSR count). The van der Waals surface area contributed by atoms with Gasteiger partial charge in [-0.25, -0.2) is 13.1 Å². The molecule has 21 heavy (non-hydrogen) atoms. The highest BCUT2D eigenvalue weighted by molar-refractivity contribution is 7.89. The summed E-state index contributed by atoms with van der Waals surface area (Å²) < 4.78 is 26.7. The van der Waals surface area contributed by atoms with Gasteiger partial charge in [0.2, 0.25) is 10.0 Å². The molecular formula is C15H26N2O2S2. The first-order valence-electron chi connectivity index (χ1n) is 7.86. The van der Waals surface area contributed by atoms with Gasteiger partial charge in [-0.2, -0.15) is 11.3 Å². The summed E-state index contributed by atoms with van der Waals surface area (Å²) in [5.41, 5.74) is 1.24. The number of rotatable bonds is 7. The first kappa shape index (κ1) is 16.9. The maximum absolute atomic E-state index is 11.9. The molecule has 0 radical (unpaired) electrons. The van der Waals surface area contributed by atoms with E-state index in [1.165, 1.54) is 31.2 Å². The van der Waals surface area contributed by atoms with Crippen molar-refractivity contribution in [3.8, 4) is 0 Å². The highest BCUT2D eigenvalue weighted by Gasteiger charge is 2.23. The van der Waals surface area contributed by atoms with Crippen molar-refractivity contribution in [2.75, 3.05) is 25.4 Å². The molecule has 0 aromatic carbocycles. The van der Waals surface area contributed by atoms with Gasteiger partial charge >= 0.3 is 0 Å². The number of sulfonamides is 1. The third-order valence-electron chi connectivity index (χ3n) is 3.98. The number of likely N-dealkylation sites (tertiary alicyclic amines) is 1. The molecule has 1 fully saturated rings. The molecule has 2 heterocycles. The van der Waals surface area contributed by atoms with E-state index in [0.717, 1.165) is 13.1 Å². The van der Waals surface area contributed by atoms with Crippen molar-refractivity contribution in [2.45, 2.75) is 45.1 Å². The Labute approximate surface area is 132 Å². The van der Waals surface area contributed by atoms with Gasteiger partial charge in [0, 0.05) is 12.6 Å². The molecular weight excluding hydrogens is 304 g/mol. The molecule has 0 spiro atoms. The largest absolute Gasteiger partial charge is 0.295 e. The average Bonchev–Trinajstić information content (AvgIpc) is 2.82. The van der Waals surface area contributed by atoms with Gasteiger partial charge in [-0.1, -0.05) is 19.8 Å². The molecule has 120 valence electrons. The van der Waals surface area contributed by atoms with Crippen LogP contribution in [0, 0.1) is 0 Å². The first-order chi connectivity index (χ1) is 10.1. The average molecular weight is 331 g/mol. The van der Waals surface area contributed by atoms with E-state index in [9.17, 15) is 8.42 Å². The van der Waals surface area contributed by atoms with Crippen LogP contribution < -0.4 is 4.72 Å². The lowest BCUT2D eigenvalue weighted by atomic mass is 10.1. The highest BCUT2D eigenvalue weighted by Crippen LogP contribution is 2.25. The molecule has 1 N–H and O–H groups in total. The van der Waals surface area contributed by atoms with Crippen LogP contribution in [0.15, 0.2) is 16.8 Å². The van der Waals surface area contributed by atoms with Crippen molar-refractivity contribution < 1.29 is 8.42 Å². The number of nitrogens with zero attached hydrogens (tertiary/aromatic N) is 1. The molecule has 1 aliphatic rings. The molecule has 6 heteroatoms. The predicted molar refractivity (Wildman–Crippen MR) is 89.2 cm³/mol. The van der Waals surface area contributed by atoms with Crippen LogP contribution in [0.4, 0.5) is 0 Å². The Morgan fingerprint density at radius 1 is 1.29 bits per heavy atom. The van der Waals surface area contributed by atoms with Gasteiger partial charge in [-0.15, -0.1) is 0 Å². The SMILES string of the molecule is CCCS(=O)(=O)NCC(c1ccsc1)N1CCCCCC1. The van der Waals surface area contributed by atoms with Crippen LogP contribution in [0.3, 0.4) is 0 Å². The molecule has 1 unspecified atom stereocenters. The van der Waals surface area contributed by atoms with Crippen molar-refractivity contribution in [1.29, 1.82) is 0 Å². The second-order valence-electron chi connectivity index (χ2n) is 5.69. The minimum atomic E-state index is -3.14. The van der Waals surface area contributed by atoms with E-state index in [2.05, 4.69) is 26.4 Å². The molecule has 1 aliphatic heterocycles. The zero-order valence-electron chi connectivity index (χ0n) is 12.8. The number of hydrogen-bond acceptors (Lipinski definition) is 4. The van der Waals surface area contributed by atoms with Crippen LogP contribution in [0.2, 0.25) is 0 Å². The van der Waals surface area contributed by atoms with Crippen LogP contribution in [0.25, 0.3) is 0 Å². The highest BCUT2D eigenvalue weighted by atomic mass is 32.2. The van der Waals surface area contributed by atoms with E-state index < -0.39 is 10.0 Å². The van der Waals surface area contributed by atoms with Crippen LogP contribution in [0.5, 0.6) is 0 Å². The first-order valence-corrected chi connectivity index (χ1v) is 10.5. The maximum atomic E-state index is 11.9. The second-order valence-corrected chi connectivity index (χ2v) is 8.40. The van der Waals surface area contributed by atoms with Crippen LogP contribution >= 0.6 is 11.3 Å². The quantitative estimate of drug-likeness (QED) is 0.836. The normalized spacial score (nSPS) is 19.3. The van der Waals surface area contributed by atoms with Gasteiger partial charge in [0.25, 0.3) is 0 Å². The van der Waals surface area contributed by atoms with Gasteiger partial charge in [0.1, 0.15) is 0 Å². The van der Waals surface area contributed by atoms with E-state index in [4.69, 9.17) is 0 Å². The van der Waals surface area contributed by atoms with Crippen LogP contribution in [-0.4, -0.2) is 38.7 Å². The van der Waals surface area contributed by atoms with Gasteiger partial charge in [0.05, 0.1) is 5.75 Å². The summed E-state index contributed by atoms with van der Waals surface area (Å²) in [5.74, 6) is 0.212. The lowest BCUT2D eigenvalue weighted by molar-refractivity contribution is 0.206. The van der Waals surface area contributed by atoms with E-state index >= 15 is 0 Å². The summed E-state index contributed by atoms with van der Waals surface area (Å²) >= 11 is 1.68. The summed E-state index contributed by atoms with van der Waals surface area (Å²) in [4.78, 5) is 2.45. The fourth-order valence-electron chi connectivity index (χ4n) is 2.88. The van der Waals surface area contributed by atoms with E-state index in [1.807, 2.05) is 6.92 Å². The molecule has 0 bridgehead atoms. The van der Waals surface area contributed by atoms with E-state index in [1.54, 1.807) is 11.3 Å². The number of thiophene rings is 1. The molecule has 0 saturated carbocycles. The third kappa shape index (κ3) is 5.36. The Kier molecular flexibility index (Phi) is 6.67. The Bertz CT molecular complexity index is 492.